The van der Waals surface area contributed by atoms with Crippen molar-refractivity contribution in [2.45, 2.75) is 6.92 Å². The number of ether oxygens (including phenoxy) is 1. The van der Waals surface area contributed by atoms with Gasteiger partial charge in [0.2, 0.25) is 0 Å². The van der Waals surface area contributed by atoms with Crippen LogP contribution in [0, 0.1) is 6.92 Å². The van der Waals surface area contributed by atoms with Crippen molar-refractivity contribution in [3.8, 4) is 27.1 Å². The van der Waals surface area contributed by atoms with E-state index in [1.807, 2.05) is 36.7 Å². The lowest BCUT2D eigenvalue weighted by molar-refractivity contribution is 0.481. The number of rotatable bonds is 5. The number of aromatic nitrogens is 3. The number of aryl methyl sites for hydroxylation is 1. The molecule has 4 heterocycles. The fourth-order valence-corrected chi connectivity index (χ4v) is 6.10. The second-order valence-electron chi connectivity index (χ2n) is 9.45. The molecule has 0 amide bonds. The minimum absolute atomic E-state index is 0.783. The van der Waals surface area contributed by atoms with E-state index in [0.29, 0.717) is 0 Å². The Morgan fingerprint density at radius 2 is 1.66 bits per heavy atom. The molecule has 1 aliphatic heterocycles. The van der Waals surface area contributed by atoms with Crippen LogP contribution in [0.1, 0.15) is 5.69 Å². The van der Waals surface area contributed by atoms with Crippen LogP contribution in [0.15, 0.2) is 104 Å². The van der Waals surface area contributed by atoms with Gasteiger partial charge in [-0.3, -0.25) is 9.55 Å². The van der Waals surface area contributed by atoms with Crippen LogP contribution in [0.25, 0.3) is 37.4 Å². The third-order valence-corrected chi connectivity index (χ3v) is 7.98. The molecule has 0 N–H and O–H groups in total. The predicted octanol–water partition coefficient (Wildman–Crippen LogP) is 7.58. The van der Waals surface area contributed by atoms with E-state index in [-0.39, 0.29) is 0 Å². The maximum atomic E-state index is 6.29. The van der Waals surface area contributed by atoms with Crippen LogP contribution < -0.4 is 9.64 Å². The topological polar surface area (TPSA) is 46.4 Å². The molecule has 0 saturated carbocycles. The summed E-state index contributed by atoms with van der Waals surface area (Å²) in [7, 11) is 2.06. The molecule has 1 aliphatic rings. The SMILES string of the molecule is Cc1nc(-c2cccc(Oc3cccc(N4C=CN(C)C4)c3)c2)sc1-n1c2ccccc2c2cnccc21. The number of thiazole rings is 1. The first kappa shape index (κ1) is 22.6. The number of fused-ring (bicyclic) bond motifs is 3. The Labute approximate surface area is 224 Å². The largest absolute Gasteiger partial charge is 0.457 e. The van der Waals surface area contributed by atoms with E-state index in [1.165, 1.54) is 5.39 Å². The van der Waals surface area contributed by atoms with Gasteiger partial charge >= 0.3 is 0 Å². The predicted molar refractivity (Wildman–Crippen MR) is 155 cm³/mol. The normalized spacial score (nSPS) is 13.2. The second-order valence-corrected chi connectivity index (χ2v) is 10.4. The van der Waals surface area contributed by atoms with Gasteiger partial charge in [-0.15, -0.1) is 0 Å². The zero-order valence-corrected chi connectivity index (χ0v) is 21.9. The highest BCUT2D eigenvalue weighted by Crippen LogP contribution is 2.38. The fourth-order valence-electron chi connectivity index (χ4n) is 5.00. The van der Waals surface area contributed by atoms with Crippen molar-refractivity contribution in [3.63, 3.8) is 0 Å². The summed E-state index contributed by atoms with van der Waals surface area (Å²) in [6, 6.07) is 26.9. The van der Waals surface area contributed by atoms with E-state index in [0.717, 1.165) is 61.5 Å². The zero-order valence-electron chi connectivity index (χ0n) is 21.1. The van der Waals surface area contributed by atoms with Crippen LogP contribution >= 0.6 is 11.3 Å². The smallest absolute Gasteiger partial charge is 0.129 e. The summed E-state index contributed by atoms with van der Waals surface area (Å²) >= 11 is 1.69. The van der Waals surface area contributed by atoms with Crippen molar-refractivity contribution in [2.24, 2.45) is 0 Å². The number of pyridine rings is 1. The van der Waals surface area contributed by atoms with Crippen molar-refractivity contribution in [3.05, 3.63) is 109 Å². The van der Waals surface area contributed by atoms with Gasteiger partial charge in [-0.1, -0.05) is 47.7 Å². The Balaban J connectivity index is 1.23. The van der Waals surface area contributed by atoms with Gasteiger partial charge in [0.25, 0.3) is 0 Å². The number of hydrogen-bond donors (Lipinski definition) is 0. The van der Waals surface area contributed by atoms with E-state index in [9.17, 15) is 0 Å². The van der Waals surface area contributed by atoms with Gasteiger partial charge in [0.1, 0.15) is 21.5 Å². The zero-order chi connectivity index (χ0) is 25.6. The quantitative estimate of drug-likeness (QED) is 0.237. The first-order valence-electron chi connectivity index (χ1n) is 12.5. The van der Waals surface area contributed by atoms with Gasteiger partial charge in [0, 0.05) is 59.9 Å². The molecule has 0 atom stereocenters. The molecule has 38 heavy (non-hydrogen) atoms. The van der Waals surface area contributed by atoms with Crippen molar-refractivity contribution in [1.29, 1.82) is 0 Å². The summed E-state index contributed by atoms with van der Waals surface area (Å²) in [6.07, 6.45) is 7.94. The summed E-state index contributed by atoms with van der Waals surface area (Å²) < 4.78 is 8.60. The minimum Gasteiger partial charge on any atom is -0.457 e. The van der Waals surface area contributed by atoms with Gasteiger partial charge in [-0.25, -0.2) is 4.98 Å². The average molecular weight is 516 g/mol. The molecule has 7 rings (SSSR count). The molecule has 0 fully saturated rings. The Kier molecular flexibility index (Phi) is 5.37. The Bertz CT molecular complexity index is 1780. The van der Waals surface area contributed by atoms with Gasteiger partial charge in [-0.05, 0) is 43.3 Å². The molecular weight excluding hydrogens is 490 g/mol. The molecular formula is C31H25N5OS. The van der Waals surface area contributed by atoms with Gasteiger partial charge in [0.05, 0.1) is 23.4 Å². The highest BCUT2D eigenvalue weighted by molar-refractivity contribution is 7.17. The van der Waals surface area contributed by atoms with Crippen LogP contribution in [-0.2, 0) is 0 Å². The van der Waals surface area contributed by atoms with Gasteiger partial charge in [0.15, 0.2) is 0 Å². The molecule has 0 spiro atoms. The summed E-state index contributed by atoms with van der Waals surface area (Å²) in [6.45, 7) is 2.90. The maximum absolute atomic E-state index is 6.29. The third-order valence-electron chi connectivity index (χ3n) is 6.79. The van der Waals surface area contributed by atoms with Crippen LogP contribution in [-0.4, -0.2) is 33.2 Å². The summed E-state index contributed by atoms with van der Waals surface area (Å²) in [5.74, 6) is 1.59. The standard InChI is InChI=1S/C31H25N5OS/c1-21-31(36-28-12-4-3-11-26(28)27-19-32-14-13-29(27)36)38-30(33-21)22-7-5-9-24(17-22)37-25-10-6-8-23(18-25)35-16-15-34(2)20-35/h3-19H,20H2,1-2H3. The molecule has 0 saturated heterocycles. The van der Waals surface area contributed by atoms with Crippen molar-refractivity contribution in [1.82, 2.24) is 19.4 Å². The van der Waals surface area contributed by atoms with Crippen LogP contribution in [0.2, 0.25) is 0 Å². The van der Waals surface area contributed by atoms with Crippen LogP contribution in [0.5, 0.6) is 11.5 Å². The van der Waals surface area contributed by atoms with E-state index < -0.39 is 0 Å². The molecule has 186 valence electrons. The lowest BCUT2D eigenvalue weighted by Gasteiger charge is -2.19. The van der Waals surface area contributed by atoms with E-state index in [2.05, 4.69) is 100 Å². The summed E-state index contributed by atoms with van der Waals surface area (Å²) in [5, 5.41) is 4.41. The highest BCUT2D eigenvalue weighted by Gasteiger charge is 2.18. The lowest BCUT2D eigenvalue weighted by Crippen LogP contribution is -2.21. The van der Waals surface area contributed by atoms with E-state index in [1.54, 1.807) is 11.3 Å². The molecule has 3 aromatic carbocycles. The molecule has 0 bridgehead atoms. The van der Waals surface area contributed by atoms with E-state index in [4.69, 9.17) is 9.72 Å². The number of nitrogens with zero attached hydrogens (tertiary/aromatic N) is 5. The van der Waals surface area contributed by atoms with Crippen molar-refractivity contribution in [2.75, 3.05) is 18.6 Å². The molecule has 6 nitrogen and oxygen atoms in total. The van der Waals surface area contributed by atoms with Gasteiger partial charge in [-0.2, -0.15) is 0 Å². The Morgan fingerprint density at radius 3 is 2.53 bits per heavy atom. The third kappa shape index (κ3) is 3.88. The minimum atomic E-state index is 0.783. The Hall–Kier alpha value is -4.62. The maximum Gasteiger partial charge on any atom is 0.129 e. The Morgan fingerprint density at radius 1 is 0.842 bits per heavy atom. The number of hydrogen-bond acceptors (Lipinski definition) is 6. The highest BCUT2D eigenvalue weighted by atomic mass is 32.1. The van der Waals surface area contributed by atoms with Crippen LogP contribution in [0.4, 0.5) is 5.69 Å². The van der Waals surface area contributed by atoms with E-state index >= 15 is 0 Å². The average Bonchev–Trinajstić information content (AvgIpc) is 3.64. The molecule has 6 aromatic rings. The van der Waals surface area contributed by atoms with Crippen molar-refractivity contribution >= 4 is 38.8 Å². The number of anilines is 1. The first-order chi connectivity index (χ1) is 18.6. The summed E-state index contributed by atoms with van der Waals surface area (Å²) in [5.41, 5.74) is 5.41. The lowest BCUT2D eigenvalue weighted by atomic mass is 10.2. The monoisotopic (exact) mass is 515 g/mol. The molecule has 3 aromatic heterocycles. The fraction of sp³-hybridized carbons (Fsp3) is 0.0968. The second kappa shape index (κ2) is 9.04. The van der Waals surface area contributed by atoms with Crippen molar-refractivity contribution < 1.29 is 4.74 Å². The first-order valence-corrected chi connectivity index (χ1v) is 13.3. The molecule has 0 unspecified atom stereocenters. The molecule has 0 aliphatic carbocycles. The molecule has 0 radical (unpaired) electrons. The molecule has 7 heteroatoms. The van der Waals surface area contributed by atoms with Crippen LogP contribution in [0.3, 0.4) is 0 Å². The number of benzene rings is 3. The summed E-state index contributed by atoms with van der Waals surface area (Å²) in [4.78, 5) is 13.7. The van der Waals surface area contributed by atoms with Gasteiger partial charge < -0.3 is 14.5 Å². The number of para-hydroxylation sites is 1.